The molecule has 0 aromatic heterocycles. The number of rotatable bonds is 3. The van der Waals surface area contributed by atoms with Gasteiger partial charge in [0.15, 0.2) is 0 Å². The van der Waals surface area contributed by atoms with Crippen molar-refractivity contribution in [3.63, 3.8) is 0 Å². The van der Waals surface area contributed by atoms with Gasteiger partial charge in [-0.05, 0) is 44.4 Å². The molecule has 110 valence electrons. The van der Waals surface area contributed by atoms with Gasteiger partial charge in [-0.3, -0.25) is 0 Å². The first-order valence-corrected chi connectivity index (χ1v) is 7.71. The summed E-state index contributed by atoms with van der Waals surface area (Å²) in [5, 5.41) is 15.1. The Balaban J connectivity index is 2.15. The third kappa shape index (κ3) is 2.61. The first-order chi connectivity index (χ1) is 10.1. The maximum absolute atomic E-state index is 11.6. The fourth-order valence-corrected chi connectivity index (χ4v) is 3.37. The van der Waals surface area contributed by atoms with Crippen LogP contribution in [0, 0.1) is 13.8 Å². The third-order valence-electron chi connectivity index (χ3n) is 4.48. The Hall–Kier alpha value is -1.64. The Morgan fingerprint density at radius 2 is 1.57 bits per heavy atom. The van der Waals surface area contributed by atoms with Crippen LogP contribution in [-0.4, -0.2) is 17.7 Å². The Morgan fingerprint density at radius 3 is 2.00 bits per heavy atom. The highest BCUT2D eigenvalue weighted by atomic mass is 16.3. The summed E-state index contributed by atoms with van der Waals surface area (Å²) in [7, 11) is 0. The van der Waals surface area contributed by atoms with Crippen molar-refractivity contribution in [2.75, 3.05) is 6.54 Å². The number of aliphatic hydroxyl groups is 1. The van der Waals surface area contributed by atoms with E-state index in [1.54, 1.807) is 0 Å². The van der Waals surface area contributed by atoms with E-state index in [4.69, 9.17) is 0 Å². The zero-order valence-corrected chi connectivity index (χ0v) is 12.8. The molecule has 3 rings (SSSR count). The van der Waals surface area contributed by atoms with Crippen LogP contribution in [0.3, 0.4) is 0 Å². The van der Waals surface area contributed by atoms with Crippen LogP contribution in [0.1, 0.15) is 35.1 Å². The average molecular weight is 281 g/mol. The Labute approximate surface area is 126 Å². The van der Waals surface area contributed by atoms with Gasteiger partial charge in [0, 0.05) is 6.04 Å². The molecule has 0 spiro atoms. The van der Waals surface area contributed by atoms with Gasteiger partial charge >= 0.3 is 0 Å². The fourth-order valence-electron chi connectivity index (χ4n) is 3.37. The van der Waals surface area contributed by atoms with Gasteiger partial charge in [0.1, 0.15) is 5.60 Å². The summed E-state index contributed by atoms with van der Waals surface area (Å²) in [6, 6.07) is 16.5. The molecule has 2 aromatic carbocycles. The molecule has 0 aliphatic carbocycles. The minimum Gasteiger partial charge on any atom is -0.379 e. The number of hydrogen-bond acceptors (Lipinski definition) is 2. The molecule has 2 nitrogen and oxygen atoms in total. The zero-order chi connectivity index (χ0) is 14.9. The molecule has 0 amide bonds. The number of aryl methyl sites for hydroxylation is 2. The van der Waals surface area contributed by atoms with E-state index in [-0.39, 0.29) is 6.04 Å². The second-order valence-electron chi connectivity index (χ2n) is 6.15. The summed E-state index contributed by atoms with van der Waals surface area (Å²) >= 11 is 0. The van der Waals surface area contributed by atoms with Gasteiger partial charge in [0.2, 0.25) is 0 Å². The summed E-state index contributed by atoms with van der Waals surface area (Å²) < 4.78 is 0. The number of benzene rings is 2. The van der Waals surface area contributed by atoms with Crippen molar-refractivity contribution in [1.29, 1.82) is 0 Å². The minimum atomic E-state index is -0.964. The molecule has 1 unspecified atom stereocenters. The van der Waals surface area contributed by atoms with E-state index >= 15 is 0 Å². The molecule has 1 aliphatic heterocycles. The van der Waals surface area contributed by atoms with Gasteiger partial charge in [-0.1, -0.05) is 59.7 Å². The minimum absolute atomic E-state index is 0.0705. The van der Waals surface area contributed by atoms with E-state index in [1.165, 1.54) is 11.1 Å². The van der Waals surface area contributed by atoms with Crippen LogP contribution in [0.15, 0.2) is 48.5 Å². The van der Waals surface area contributed by atoms with E-state index in [0.29, 0.717) is 0 Å². The van der Waals surface area contributed by atoms with E-state index in [2.05, 4.69) is 43.4 Å². The van der Waals surface area contributed by atoms with Gasteiger partial charge in [-0.15, -0.1) is 0 Å². The van der Waals surface area contributed by atoms with Crippen molar-refractivity contribution in [2.45, 2.75) is 38.3 Å². The van der Waals surface area contributed by atoms with Crippen molar-refractivity contribution in [2.24, 2.45) is 0 Å². The van der Waals surface area contributed by atoms with Gasteiger partial charge in [0.05, 0.1) is 0 Å². The molecule has 1 saturated heterocycles. The Bertz CT molecular complexity index is 583. The summed E-state index contributed by atoms with van der Waals surface area (Å²) in [5.41, 5.74) is 3.35. The molecule has 1 aliphatic rings. The molecule has 2 N–H and O–H groups in total. The lowest BCUT2D eigenvalue weighted by molar-refractivity contribution is 0.0441. The molecule has 1 heterocycles. The van der Waals surface area contributed by atoms with E-state index in [1.807, 2.05) is 24.3 Å². The topological polar surface area (TPSA) is 32.3 Å². The van der Waals surface area contributed by atoms with E-state index in [9.17, 15) is 5.11 Å². The molecule has 2 aromatic rings. The molecule has 1 atom stereocenters. The fraction of sp³-hybridized carbons (Fsp3) is 0.368. The van der Waals surface area contributed by atoms with Crippen LogP contribution < -0.4 is 5.32 Å². The van der Waals surface area contributed by atoms with Gasteiger partial charge in [-0.2, -0.15) is 0 Å². The van der Waals surface area contributed by atoms with Crippen LogP contribution in [-0.2, 0) is 5.60 Å². The van der Waals surface area contributed by atoms with Crippen LogP contribution >= 0.6 is 0 Å². The number of hydrogen-bond donors (Lipinski definition) is 2. The van der Waals surface area contributed by atoms with Crippen molar-refractivity contribution in [3.8, 4) is 0 Å². The van der Waals surface area contributed by atoms with Crippen LogP contribution in [0.2, 0.25) is 0 Å². The first-order valence-electron chi connectivity index (χ1n) is 7.71. The lowest BCUT2D eigenvalue weighted by atomic mass is 9.78. The molecule has 0 radical (unpaired) electrons. The Morgan fingerprint density at radius 1 is 1.00 bits per heavy atom. The third-order valence-corrected chi connectivity index (χ3v) is 4.48. The zero-order valence-electron chi connectivity index (χ0n) is 12.8. The van der Waals surface area contributed by atoms with E-state index in [0.717, 1.165) is 30.5 Å². The highest BCUT2D eigenvalue weighted by Gasteiger charge is 2.41. The monoisotopic (exact) mass is 281 g/mol. The van der Waals surface area contributed by atoms with Crippen molar-refractivity contribution in [3.05, 3.63) is 70.8 Å². The summed E-state index contributed by atoms with van der Waals surface area (Å²) in [4.78, 5) is 0. The number of nitrogens with one attached hydrogen (secondary N) is 1. The van der Waals surface area contributed by atoms with E-state index < -0.39 is 5.60 Å². The molecule has 1 fully saturated rings. The maximum atomic E-state index is 11.6. The predicted molar refractivity (Wildman–Crippen MR) is 86.4 cm³/mol. The summed E-state index contributed by atoms with van der Waals surface area (Å²) in [5.74, 6) is 0. The highest BCUT2D eigenvalue weighted by Crippen LogP contribution is 2.37. The summed E-state index contributed by atoms with van der Waals surface area (Å²) in [6.07, 6.45) is 2.11. The molecule has 21 heavy (non-hydrogen) atoms. The SMILES string of the molecule is Cc1cccc(C(O)(c2cccc(C)c2)C2CCCN2)c1. The van der Waals surface area contributed by atoms with Crippen LogP contribution in [0.4, 0.5) is 0 Å². The smallest absolute Gasteiger partial charge is 0.130 e. The standard InChI is InChI=1S/C19H23NO/c1-14-6-3-8-16(12-14)19(21,18-10-5-11-20-18)17-9-4-7-15(2)13-17/h3-4,6-9,12-13,18,20-21H,5,10-11H2,1-2H3. The van der Waals surface area contributed by atoms with Crippen molar-refractivity contribution < 1.29 is 5.11 Å². The molecular formula is C19H23NO. The van der Waals surface area contributed by atoms with Crippen molar-refractivity contribution in [1.82, 2.24) is 5.32 Å². The largest absolute Gasteiger partial charge is 0.379 e. The predicted octanol–water partition coefficient (Wildman–Crippen LogP) is 3.29. The summed E-state index contributed by atoms with van der Waals surface area (Å²) in [6.45, 7) is 5.12. The quantitative estimate of drug-likeness (QED) is 0.905. The van der Waals surface area contributed by atoms with Gasteiger partial charge in [-0.25, -0.2) is 0 Å². The van der Waals surface area contributed by atoms with Crippen LogP contribution in [0.5, 0.6) is 0 Å². The van der Waals surface area contributed by atoms with Crippen LogP contribution in [0.25, 0.3) is 0 Å². The molecular weight excluding hydrogens is 258 g/mol. The molecule has 2 heteroatoms. The molecule has 0 saturated carbocycles. The lowest BCUT2D eigenvalue weighted by Crippen LogP contribution is -2.46. The lowest BCUT2D eigenvalue weighted by Gasteiger charge is -2.35. The van der Waals surface area contributed by atoms with Gasteiger partial charge < -0.3 is 10.4 Å². The highest BCUT2D eigenvalue weighted by molar-refractivity contribution is 5.41. The normalized spacial score (nSPS) is 18.9. The van der Waals surface area contributed by atoms with Crippen molar-refractivity contribution >= 4 is 0 Å². The Kier molecular flexibility index (Phi) is 3.83. The second kappa shape index (κ2) is 5.63. The average Bonchev–Trinajstić information content (AvgIpc) is 3.01. The molecule has 0 bridgehead atoms. The van der Waals surface area contributed by atoms with Gasteiger partial charge in [0.25, 0.3) is 0 Å². The maximum Gasteiger partial charge on any atom is 0.130 e. The second-order valence-corrected chi connectivity index (χ2v) is 6.15. The first kappa shape index (κ1) is 14.3.